The molecule has 0 aromatic heterocycles. The summed E-state index contributed by atoms with van der Waals surface area (Å²) in [5, 5.41) is 0. The first-order valence-corrected chi connectivity index (χ1v) is 7.34. The highest BCUT2D eigenvalue weighted by atomic mass is 79.9. The number of hydrogen-bond donors (Lipinski definition) is 2. The number of halogens is 1. The lowest BCUT2D eigenvalue weighted by Crippen LogP contribution is -2.48. The number of nitrogens with two attached hydrogens (primary N) is 2. The van der Waals surface area contributed by atoms with Gasteiger partial charge in [-0.15, -0.1) is 0 Å². The van der Waals surface area contributed by atoms with Crippen LogP contribution in [0.5, 0.6) is 0 Å². The Morgan fingerprint density at radius 3 is 2.65 bits per heavy atom. The van der Waals surface area contributed by atoms with E-state index >= 15 is 0 Å². The Morgan fingerprint density at radius 1 is 1.35 bits per heavy atom. The van der Waals surface area contributed by atoms with Crippen LogP contribution in [0.2, 0.25) is 0 Å². The monoisotopic (exact) mass is 339 g/mol. The second-order valence-electron chi connectivity index (χ2n) is 5.22. The van der Waals surface area contributed by atoms with E-state index in [1.165, 1.54) is 0 Å². The molecule has 1 heterocycles. The molecule has 1 saturated heterocycles. The van der Waals surface area contributed by atoms with Gasteiger partial charge in [0.15, 0.2) is 0 Å². The summed E-state index contributed by atoms with van der Waals surface area (Å²) in [4.78, 5) is 25.6. The number of nitrogens with zero attached hydrogens (tertiary/aromatic N) is 1. The van der Waals surface area contributed by atoms with Gasteiger partial charge in [0, 0.05) is 28.3 Å². The molecular weight excluding hydrogens is 322 g/mol. The van der Waals surface area contributed by atoms with Crippen molar-refractivity contribution in [3.05, 3.63) is 28.2 Å². The fraction of sp³-hybridized carbons (Fsp3) is 0.429. The molecular formula is C14H18BrN3O2. The van der Waals surface area contributed by atoms with Crippen LogP contribution in [0, 0.1) is 5.92 Å². The van der Waals surface area contributed by atoms with Crippen molar-refractivity contribution in [2.75, 3.05) is 12.3 Å². The van der Waals surface area contributed by atoms with E-state index < -0.39 is 0 Å². The van der Waals surface area contributed by atoms with Gasteiger partial charge in [0.1, 0.15) is 0 Å². The first-order chi connectivity index (χ1) is 9.40. The number of piperidine rings is 1. The lowest BCUT2D eigenvalue weighted by atomic mass is 9.92. The summed E-state index contributed by atoms with van der Waals surface area (Å²) in [6.07, 6.45) is 1.52. The zero-order chi connectivity index (χ0) is 14.9. The zero-order valence-electron chi connectivity index (χ0n) is 11.3. The van der Waals surface area contributed by atoms with Crippen LogP contribution in [0.1, 0.15) is 30.1 Å². The number of rotatable bonds is 2. The molecule has 108 valence electrons. The van der Waals surface area contributed by atoms with Gasteiger partial charge in [-0.1, -0.05) is 0 Å². The molecule has 2 atom stereocenters. The highest BCUT2D eigenvalue weighted by molar-refractivity contribution is 9.10. The summed E-state index contributed by atoms with van der Waals surface area (Å²) in [7, 11) is 0. The Morgan fingerprint density at radius 2 is 2.05 bits per heavy atom. The lowest BCUT2D eigenvalue weighted by molar-refractivity contribution is -0.123. The van der Waals surface area contributed by atoms with Crippen LogP contribution < -0.4 is 11.5 Å². The summed E-state index contributed by atoms with van der Waals surface area (Å²) < 4.78 is 0.760. The summed E-state index contributed by atoms with van der Waals surface area (Å²) in [5.74, 6) is -0.712. The van der Waals surface area contributed by atoms with Crippen molar-refractivity contribution < 1.29 is 9.59 Å². The molecule has 0 aliphatic carbocycles. The second-order valence-corrected chi connectivity index (χ2v) is 6.07. The molecule has 2 amide bonds. The van der Waals surface area contributed by atoms with Gasteiger partial charge < -0.3 is 16.4 Å². The third-order valence-electron chi connectivity index (χ3n) is 3.79. The molecule has 4 N–H and O–H groups in total. The van der Waals surface area contributed by atoms with Crippen molar-refractivity contribution in [2.24, 2.45) is 11.7 Å². The third kappa shape index (κ3) is 2.95. The van der Waals surface area contributed by atoms with E-state index in [-0.39, 0.29) is 23.8 Å². The van der Waals surface area contributed by atoms with E-state index in [2.05, 4.69) is 15.9 Å². The van der Waals surface area contributed by atoms with Gasteiger partial charge in [-0.2, -0.15) is 0 Å². The van der Waals surface area contributed by atoms with E-state index in [0.29, 0.717) is 17.8 Å². The molecule has 2 rings (SSSR count). The zero-order valence-corrected chi connectivity index (χ0v) is 12.9. The molecule has 0 bridgehead atoms. The van der Waals surface area contributed by atoms with Crippen LogP contribution in [0.4, 0.5) is 5.69 Å². The summed E-state index contributed by atoms with van der Waals surface area (Å²) >= 11 is 3.30. The first-order valence-electron chi connectivity index (χ1n) is 6.55. The van der Waals surface area contributed by atoms with Gasteiger partial charge in [-0.3, -0.25) is 9.59 Å². The molecule has 0 saturated carbocycles. The predicted molar refractivity (Wildman–Crippen MR) is 81.0 cm³/mol. The number of benzene rings is 1. The van der Waals surface area contributed by atoms with Crippen LogP contribution in [0.3, 0.4) is 0 Å². The van der Waals surface area contributed by atoms with Crippen LogP contribution in [-0.2, 0) is 4.79 Å². The van der Waals surface area contributed by atoms with Gasteiger partial charge in [-0.05, 0) is 53.9 Å². The number of anilines is 1. The van der Waals surface area contributed by atoms with E-state index in [1.807, 2.05) is 6.92 Å². The molecule has 2 unspecified atom stereocenters. The maximum Gasteiger partial charge on any atom is 0.254 e. The fourth-order valence-corrected chi connectivity index (χ4v) is 2.71. The van der Waals surface area contributed by atoms with E-state index in [4.69, 9.17) is 11.5 Å². The Balaban J connectivity index is 2.21. The van der Waals surface area contributed by atoms with Crippen molar-refractivity contribution in [1.29, 1.82) is 0 Å². The molecule has 5 nitrogen and oxygen atoms in total. The van der Waals surface area contributed by atoms with Crippen molar-refractivity contribution in [2.45, 2.75) is 25.8 Å². The number of carbonyl (C=O) groups excluding carboxylic acids is 2. The van der Waals surface area contributed by atoms with E-state index in [1.54, 1.807) is 23.1 Å². The molecule has 1 aromatic carbocycles. The molecule has 1 aliphatic heterocycles. The second kappa shape index (κ2) is 5.83. The largest absolute Gasteiger partial charge is 0.398 e. The highest BCUT2D eigenvalue weighted by Crippen LogP contribution is 2.26. The number of likely N-dealkylation sites (tertiary alicyclic amines) is 1. The summed E-state index contributed by atoms with van der Waals surface area (Å²) in [6, 6.07) is 5.22. The number of amides is 2. The minimum absolute atomic E-state index is 0.1000. The maximum absolute atomic E-state index is 12.5. The van der Waals surface area contributed by atoms with Crippen LogP contribution >= 0.6 is 15.9 Å². The van der Waals surface area contributed by atoms with Gasteiger partial charge in [0.25, 0.3) is 5.91 Å². The highest BCUT2D eigenvalue weighted by Gasteiger charge is 2.32. The van der Waals surface area contributed by atoms with Crippen LogP contribution in [0.25, 0.3) is 0 Å². The molecule has 1 aromatic rings. The molecule has 0 radical (unpaired) electrons. The van der Waals surface area contributed by atoms with Gasteiger partial charge in [0.2, 0.25) is 5.91 Å². The molecule has 6 heteroatoms. The topological polar surface area (TPSA) is 89.4 Å². The quantitative estimate of drug-likeness (QED) is 0.804. The van der Waals surface area contributed by atoms with Crippen molar-refractivity contribution >= 4 is 33.4 Å². The number of nitrogen functional groups attached to an aromatic ring is 1. The Kier molecular flexibility index (Phi) is 4.32. The minimum atomic E-state index is -0.343. The van der Waals surface area contributed by atoms with Crippen LogP contribution in [0.15, 0.2) is 22.7 Å². The van der Waals surface area contributed by atoms with Crippen molar-refractivity contribution in [1.82, 2.24) is 4.90 Å². The summed E-state index contributed by atoms with van der Waals surface area (Å²) in [6.45, 7) is 2.36. The number of primary amides is 1. The fourth-order valence-electron chi connectivity index (χ4n) is 2.46. The summed E-state index contributed by atoms with van der Waals surface area (Å²) in [5.41, 5.74) is 12.2. The van der Waals surface area contributed by atoms with Gasteiger partial charge >= 0.3 is 0 Å². The normalized spacial score (nSPS) is 22.6. The standard InChI is InChI=1S/C14H18BrN3O2/c1-8-2-3-10(13(17)19)7-18(8)14(20)9-4-5-11(15)12(16)6-9/h4-6,8,10H,2-3,7,16H2,1H3,(H2,17,19). The maximum atomic E-state index is 12.5. The van der Waals surface area contributed by atoms with Gasteiger partial charge in [0.05, 0.1) is 5.92 Å². The smallest absolute Gasteiger partial charge is 0.254 e. The Hall–Kier alpha value is -1.56. The number of carbonyl (C=O) groups is 2. The first kappa shape index (κ1) is 14.8. The van der Waals surface area contributed by atoms with Gasteiger partial charge in [-0.25, -0.2) is 0 Å². The van der Waals surface area contributed by atoms with Crippen molar-refractivity contribution in [3.8, 4) is 0 Å². The third-order valence-corrected chi connectivity index (χ3v) is 4.51. The van der Waals surface area contributed by atoms with E-state index in [0.717, 1.165) is 17.3 Å². The Bertz CT molecular complexity index is 547. The molecule has 1 fully saturated rings. The SMILES string of the molecule is CC1CCC(C(N)=O)CN1C(=O)c1ccc(Br)c(N)c1. The predicted octanol–water partition coefficient (Wildman–Crippen LogP) is 1.76. The lowest BCUT2D eigenvalue weighted by Gasteiger charge is -2.37. The molecule has 1 aliphatic rings. The van der Waals surface area contributed by atoms with Crippen LogP contribution in [-0.4, -0.2) is 29.3 Å². The molecule has 0 spiro atoms. The number of hydrogen-bond acceptors (Lipinski definition) is 3. The Labute approximate surface area is 126 Å². The van der Waals surface area contributed by atoms with Crippen molar-refractivity contribution in [3.63, 3.8) is 0 Å². The van der Waals surface area contributed by atoms with E-state index in [9.17, 15) is 9.59 Å². The molecule has 20 heavy (non-hydrogen) atoms. The minimum Gasteiger partial charge on any atom is -0.398 e. The average Bonchev–Trinajstić information content (AvgIpc) is 2.41. The average molecular weight is 340 g/mol.